The molecule has 4 N–H and O–H groups in total. The summed E-state index contributed by atoms with van der Waals surface area (Å²) >= 11 is 0. The van der Waals surface area contributed by atoms with Gasteiger partial charge in [0, 0.05) is 6.42 Å². The Labute approximate surface area is 87.1 Å². The lowest BCUT2D eigenvalue weighted by molar-refractivity contribution is -0.229. The van der Waals surface area contributed by atoms with E-state index in [0.29, 0.717) is 0 Å². The SMILES string of the molecule is CC(=O)C[C@@H]1O[C@H](CO)[C@@H](O)[C@H](O)[C@H]1O. The van der Waals surface area contributed by atoms with Crippen LogP contribution in [0.15, 0.2) is 0 Å². The van der Waals surface area contributed by atoms with Crippen molar-refractivity contribution < 1.29 is 30.0 Å². The predicted octanol–water partition coefficient (Wildman–Crippen LogP) is -2.19. The first-order chi connectivity index (χ1) is 6.97. The van der Waals surface area contributed by atoms with Gasteiger partial charge in [-0.05, 0) is 6.92 Å². The average molecular weight is 220 g/mol. The fraction of sp³-hybridized carbons (Fsp3) is 0.889. The summed E-state index contributed by atoms with van der Waals surface area (Å²) in [5.74, 6) is -0.195. The van der Waals surface area contributed by atoms with E-state index in [1.165, 1.54) is 6.92 Å². The molecule has 0 unspecified atom stereocenters. The number of carbonyl (C=O) groups is 1. The van der Waals surface area contributed by atoms with E-state index in [-0.39, 0.29) is 12.2 Å². The minimum absolute atomic E-state index is 0.0541. The molecule has 0 aromatic rings. The molecule has 0 aliphatic carbocycles. The molecule has 15 heavy (non-hydrogen) atoms. The van der Waals surface area contributed by atoms with Crippen LogP contribution in [0.3, 0.4) is 0 Å². The Kier molecular flexibility index (Phi) is 4.18. The summed E-state index contributed by atoms with van der Waals surface area (Å²) in [6, 6.07) is 0. The molecule has 1 aliphatic rings. The summed E-state index contributed by atoms with van der Waals surface area (Å²) in [6.07, 6.45) is -5.95. The molecule has 0 radical (unpaired) electrons. The number of ketones is 1. The van der Waals surface area contributed by atoms with Crippen LogP contribution < -0.4 is 0 Å². The summed E-state index contributed by atoms with van der Waals surface area (Å²) < 4.78 is 5.11. The molecule has 88 valence electrons. The van der Waals surface area contributed by atoms with E-state index in [4.69, 9.17) is 9.84 Å². The quantitative estimate of drug-likeness (QED) is 0.430. The molecule has 0 spiro atoms. The van der Waals surface area contributed by atoms with E-state index in [1.807, 2.05) is 0 Å². The van der Waals surface area contributed by atoms with Crippen molar-refractivity contribution in [3.05, 3.63) is 0 Å². The smallest absolute Gasteiger partial charge is 0.132 e. The fourth-order valence-electron chi connectivity index (χ4n) is 1.63. The van der Waals surface area contributed by atoms with Crippen LogP contribution in [0.2, 0.25) is 0 Å². The molecule has 1 fully saturated rings. The highest BCUT2D eigenvalue weighted by atomic mass is 16.5. The van der Waals surface area contributed by atoms with Crippen molar-refractivity contribution in [3.63, 3.8) is 0 Å². The second-order valence-electron chi connectivity index (χ2n) is 3.77. The van der Waals surface area contributed by atoms with Gasteiger partial charge in [-0.15, -0.1) is 0 Å². The summed E-state index contributed by atoms with van der Waals surface area (Å²) in [4.78, 5) is 10.8. The average Bonchev–Trinajstić information content (AvgIpc) is 2.18. The Balaban J connectivity index is 2.69. The number of aliphatic hydroxyl groups excluding tert-OH is 4. The van der Waals surface area contributed by atoms with E-state index in [1.54, 1.807) is 0 Å². The first-order valence-corrected chi connectivity index (χ1v) is 4.77. The van der Waals surface area contributed by atoms with Crippen LogP contribution in [0.25, 0.3) is 0 Å². The number of aliphatic hydroxyl groups is 4. The first-order valence-electron chi connectivity index (χ1n) is 4.77. The number of hydrogen-bond acceptors (Lipinski definition) is 6. The van der Waals surface area contributed by atoms with E-state index in [2.05, 4.69) is 0 Å². The van der Waals surface area contributed by atoms with Crippen LogP contribution in [0.5, 0.6) is 0 Å². The molecule has 5 atom stereocenters. The van der Waals surface area contributed by atoms with Crippen LogP contribution in [0, 0.1) is 0 Å². The number of hydrogen-bond donors (Lipinski definition) is 4. The van der Waals surface area contributed by atoms with E-state index in [9.17, 15) is 20.1 Å². The lowest BCUT2D eigenvalue weighted by atomic mass is 9.93. The molecule has 1 aliphatic heterocycles. The van der Waals surface area contributed by atoms with Crippen molar-refractivity contribution in [2.45, 2.75) is 43.9 Å². The molecule has 0 saturated carbocycles. The normalized spacial score (nSPS) is 41.5. The lowest BCUT2D eigenvalue weighted by Crippen LogP contribution is -2.58. The zero-order valence-corrected chi connectivity index (χ0v) is 8.41. The third-order valence-electron chi connectivity index (χ3n) is 2.48. The Morgan fingerprint density at radius 2 is 1.67 bits per heavy atom. The summed E-state index contributed by atoms with van der Waals surface area (Å²) in [5, 5.41) is 37.2. The highest BCUT2D eigenvalue weighted by molar-refractivity contribution is 5.76. The summed E-state index contributed by atoms with van der Waals surface area (Å²) in [7, 11) is 0. The largest absolute Gasteiger partial charge is 0.394 e. The standard InChI is InChI=1S/C9H16O6/c1-4(11)2-5-7(12)9(14)8(13)6(3-10)15-5/h5-10,12-14H,2-3H2,1H3/t5-,6+,7-,8+,9+/m0/s1. The maximum atomic E-state index is 10.8. The van der Waals surface area contributed by atoms with Gasteiger partial charge in [-0.3, -0.25) is 4.79 Å². The zero-order valence-electron chi connectivity index (χ0n) is 8.41. The minimum Gasteiger partial charge on any atom is -0.394 e. The Morgan fingerprint density at radius 3 is 2.13 bits per heavy atom. The van der Waals surface area contributed by atoms with Crippen LogP contribution >= 0.6 is 0 Å². The fourth-order valence-corrected chi connectivity index (χ4v) is 1.63. The predicted molar refractivity (Wildman–Crippen MR) is 49.1 cm³/mol. The number of carbonyl (C=O) groups excluding carboxylic acids is 1. The molecule has 0 amide bonds. The molecule has 1 saturated heterocycles. The Hall–Kier alpha value is -0.530. The Bertz CT molecular complexity index is 229. The first kappa shape index (κ1) is 12.5. The molecule has 6 nitrogen and oxygen atoms in total. The minimum atomic E-state index is -1.40. The number of rotatable bonds is 3. The summed E-state index contributed by atoms with van der Waals surface area (Å²) in [5.41, 5.74) is 0. The molecule has 6 heteroatoms. The van der Waals surface area contributed by atoms with Gasteiger partial charge in [-0.2, -0.15) is 0 Å². The maximum absolute atomic E-state index is 10.8. The maximum Gasteiger partial charge on any atom is 0.132 e. The third kappa shape index (κ3) is 2.73. The van der Waals surface area contributed by atoms with Crippen molar-refractivity contribution in [1.29, 1.82) is 0 Å². The zero-order chi connectivity index (χ0) is 11.6. The topological polar surface area (TPSA) is 107 Å². The van der Waals surface area contributed by atoms with Gasteiger partial charge in [0.05, 0.1) is 12.7 Å². The molecule has 0 aromatic heterocycles. The van der Waals surface area contributed by atoms with Crippen molar-refractivity contribution in [2.24, 2.45) is 0 Å². The van der Waals surface area contributed by atoms with E-state index in [0.717, 1.165) is 0 Å². The van der Waals surface area contributed by atoms with Crippen molar-refractivity contribution in [3.8, 4) is 0 Å². The molecule has 1 heterocycles. The van der Waals surface area contributed by atoms with Crippen LogP contribution in [0.1, 0.15) is 13.3 Å². The third-order valence-corrected chi connectivity index (χ3v) is 2.48. The summed E-state index contributed by atoms with van der Waals surface area (Å²) in [6.45, 7) is 0.862. The molecule has 1 rings (SSSR count). The van der Waals surface area contributed by atoms with E-state index < -0.39 is 37.1 Å². The second-order valence-corrected chi connectivity index (χ2v) is 3.77. The van der Waals surface area contributed by atoms with Gasteiger partial charge in [-0.25, -0.2) is 0 Å². The highest BCUT2D eigenvalue weighted by Gasteiger charge is 2.43. The van der Waals surface area contributed by atoms with Crippen molar-refractivity contribution in [1.82, 2.24) is 0 Å². The molecule has 0 aromatic carbocycles. The van der Waals surface area contributed by atoms with E-state index >= 15 is 0 Å². The lowest BCUT2D eigenvalue weighted by Gasteiger charge is -2.39. The molecular formula is C9H16O6. The van der Waals surface area contributed by atoms with Crippen molar-refractivity contribution in [2.75, 3.05) is 6.61 Å². The van der Waals surface area contributed by atoms with Gasteiger partial charge in [0.2, 0.25) is 0 Å². The van der Waals surface area contributed by atoms with Gasteiger partial charge in [0.25, 0.3) is 0 Å². The number of Topliss-reactive ketones (excluding diaryl/α,β-unsaturated/α-hetero) is 1. The van der Waals surface area contributed by atoms with Gasteiger partial charge in [0.1, 0.15) is 30.2 Å². The molecule has 0 bridgehead atoms. The van der Waals surface area contributed by atoms with Gasteiger partial charge in [-0.1, -0.05) is 0 Å². The van der Waals surface area contributed by atoms with Crippen LogP contribution in [-0.2, 0) is 9.53 Å². The van der Waals surface area contributed by atoms with Crippen molar-refractivity contribution >= 4 is 5.78 Å². The molecular weight excluding hydrogens is 204 g/mol. The van der Waals surface area contributed by atoms with Crippen LogP contribution in [-0.4, -0.2) is 63.3 Å². The monoisotopic (exact) mass is 220 g/mol. The number of ether oxygens (including phenoxy) is 1. The second kappa shape index (κ2) is 5.00. The van der Waals surface area contributed by atoms with Gasteiger partial charge >= 0.3 is 0 Å². The van der Waals surface area contributed by atoms with Crippen LogP contribution in [0.4, 0.5) is 0 Å². The Morgan fingerprint density at radius 1 is 1.13 bits per heavy atom. The van der Waals surface area contributed by atoms with Gasteiger partial charge < -0.3 is 25.2 Å². The highest BCUT2D eigenvalue weighted by Crippen LogP contribution is 2.23. The van der Waals surface area contributed by atoms with Gasteiger partial charge in [0.15, 0.2) is 0 Å².